The molecule has 0 bridgehead atoms. The van der Waals surface area contributed by atoms with Crippen molar-refractivity contribution >= 4 is 11.7 Å². The predicted octanol–water partition coefficient (Wildman–Crippen LogP) is 1.94. The third-order valence-corrected chi connectivity index (χ3v) is 2.54. The Morgan fingerprint density at radius 2 is 1.75 bits per heavy atom. The molecule has 0 saturated carbocycles. The van der Waals surface area contributed by atoms with E-state index in [-0.39, 0.29) is 11.7 Å². The molecule has 1 rings (SSSR count). The van der Waals surface area contributed by atoms with Gasteiger partial charge >= 0.3 is 0 Å². The van der Waals surface area contributed by atoms with Gasteiger partial charge in [-0.1, -0.05) is 26.0 Å². The number of carbonyl (C=O) groups excluding carboxylic acids is 2. The lowest BCUT2D eigenvalue weighted by molar-refractivity contribution is -0.121. The van der Waals surface area contributed by atoms with Crippen molar-refractivity contribution in [2.75, 3.05) is 0 Å². The number of carbonyl (C=O) groups is 2. The molecule has 0 aliphatic carbocycles. The van der Waals surface area contributed by atoms with Gasteiger partial charge in [0.25, 0.3) is 0 Å². The summed E-state index contributed by atoms with van der Waals surface area (Å²) in [4.78, 5) is 22.3. The van der Waals surface area contributed by atoms with Crippen molar-refractivity contribution in [3.8, 4) is 0 Å². The van der Waals surface area contributed by atoms with Gasteiger partial charge in [0.2, 0.25) is 5.91 Å². The van der Waals surface area contributed by atoms with Gasteiger partial charge in [-0.3, -0.25) is 9.59 Å². The van der Waals surface area contributed by atoms with Gasteiger partial charge in [0, 0.05) is 17.9 Å². The maximum absolute atomic E-state index is 11.4. The van der Waals surface area contributed by atoms with Gasteiger partial charge in [-0.25, -0.2) is 0 Å². The highest BCUT2D eigenvalue weighted by Crippen LogP contribution is 2.08. The maximum Gasteiger partial charge on any atom is 0.248 e. The molecular weight excluding hydrogens is 202 g/mol. The van der Waals surface area contributed by atoms with Crippen LogP contribution in [0.15, 0.2) is 24.3 Å². The Morgan fingerprint density at radius 3 is 2.19 bits per heavy atom. The van der Waals surface area contributed by atoms with Crippen molar-refractivity contribution in [2.45, 2.75) is 26.7 Å². The van der Waals surface area contributed by atoms with Gasteiger partial charge in [0.1, 0.15) is 5.78 Å². The summed E-state index contributed by atoms with van der Waals surface area (Å²) in [6.07, 6.45) is 1.27. The molecule has 86 valence electrons. The molecule has 0 aliphatic rings. The summed E-state index contributed by atoms with van der Waals surface area (Å²) in [5.74, 6) is -0.0753. The highest BCUT2D eigenvalue weighted by Gasteiger charge is 2.07. The van der Waals surface area contributed by atoms with E-state index in [0.29, 0.717) is 12.0 Å². The topological polar surface area (TPSA) is 60.2 Å². The Balaban J connectivity index is 2.56. The van der Waals surface area contributed by atoms with E-state index >= 15 is 0 Å². The molecule has 0 aliphatic heterocycles. The molecule has 0 unspecified atom stereocenters. The minimum absolute atomic E-state index is 0.0879. The molecule has 0 aromatic heterocycles. The first-order chi connectivity index (χ1) is 7.50. The van der Waals surface area contributed by atoms with Crippen LogP contribution >= 0.6 is 0 Å². The molecule has 0 atom stereocenters. The van der Waals surface area contributed by atoms with Gasteiger partial charge in [-0.15, -0.1) is 0 Å². The van der Waals surface area contributed by atoms with Crippen LogP contribution < -0.4 is 5.73 Å². The average molecular weight is 219 g/mol. The van der Waals surface area contributed by atoms with Gasteiger partial charge in [0.05, 0.1) is 0 Å². The zero-order chi connectivity index (χ0) is 12.1. The first-order valence-electron chi connectivity index (χ1n) is 5.42. The molecule has 0 fully saturated rings. The summed E-state index contributed by atoms with van der Waals surface area (Å²) < 4.78 is 0. The van der Waals surface area contributed by atoms with Gasteiger partial charge in [-0.2, -0.15) is 0 Å². The number of hydrogen-bond acceptors (Lipinski definition) is 2. The van der Waals surface area contributed by atoms with E-state index in [2.05, 4.69) is 0 Å². The minimum atomic E-state index is -0.426. The summed E-state index contributed by atoms with van der Waals surface area (Å²) in [5.41, 5.74) is 6.69. The Labute approximate surface area is 95.6 Å². The lowest BCUT2D eigenvalue weighted by Gasteiger charge is -2.04. The molecule has 0 radical (unpaired) electrons. The Morgan fingerprint density at radius 1 is 1.19 bits per heavy atom. The second-order valence-corrected chi connectivity index (χ2v) is 4.18. The number of Topliss-reactive ketones (excluding diaryl/α,β-unsaturated/α-hetero) is 1. The molecule has 3 heteroatoms. The van der Waals surface area contributed by atoms with Gasteiger partial charge < -0.3 is 5.73 Å². The van der Waals surface area contributed by atoms with E-state index in [1.54, 1.807) is 12.1 Å². The number of aryl methyl sites for hydroxylation is 1. The van der Waals surface area contributed by atoms with Crippen LogP contribution in [-0.2, 0) is 11.2 Å². The summed E-state index contributed by atoms with van der Waals surface area (Å²) in [5, 5.41) is 0. The Hall–Kier alpha value is -1.64. The fraction of sp³-hybridized carbons (Fsp3) is 0.385. The summed E-state index contributed by atoms with van der Waals surface area (Å²) in [6, 6.07) is 7.07. The van der Waals surface area contributed by atoms with Crippen molar-refractivity contribution in [1.82, 2.24) is 0 Å². The largest absolute Gasteiger partial charge is 0.366 e. The van der Waals surface area contributed by atoms with Crippen molar-refractivity contribution in [1.29, 1.82) is 0 Å². The van der Waals surface area contributed by atoms with Crippen LogP contribution in [-0.4, -0.2) is 11.7 Å². The molecular formula is C13H17NO2. The minimum Gasteiger partial charge on any atom is -0.366 e. The van der Waals surface area contributed by atoms with Crippen LogP contribution in [0.3, 0.4) is 0 Å². The van der Waals surface area contributed by atoms with Crippen molar-refractivity contribution in [3.05, 3.63) is 35.4 Å². The van der Waals surface area contributed by atoms with Crippen LogP contribution in [0.4, 0.5) is 0 Å². The third kappa shape index (κ3) is 3.50. The van der Waals surface area contributed by atoms with Crippen molar-refractivity contribution in [3.63, 3.8) is 0 Å². The first kappa shape index (κ1) is 12.4. The average Bonchev–Trinajstić information content (AvgIpc) is 2.26. The third-order valence-electron chi connectivity index (χ3n) is 2.54. The van der Waals surface area contributed by atoms with E-state index < -0.39 is 5.91 Å². The molecule has 16 heavy (non-hydrogen) atoms. The van der Waals surface area contributed by atoms with Gasteiger partial charge in [-0.05, 0) is 24.1 Å². The predicted molar refractivity (Wildman–Crippen MR) is 63.1 cm³/mol. The van der Waals surface area contributed by atoms with Crippen LogP contribution in [0.5, 0.6) is 0 Å². The number of hydrogen-bond donors (Lipinski definition) is 1. The lowest BCUT2D eigenvalue weighted by Crippen LogP contribution is -2.11. The molecule has 1 aromatic carbocycles. The summed E-state index contributed by atoms with van der Waals surface area (Å²) in [7, 11) is 0. The molecule has 3 nitrogen and oxygen atoms in total. The van der Waals surface area contributed by atoms with E-state index in [9.17, 15) is 9.59 Å². The monoisotopic (exact) mass is 219 g/mol. The lowest BCUT2D eigenvalue weighted by atomic mass is 10.0. The number of ketones is 1. The molecule has 1 amide bonds. The van der Waals surface area contributed by atoms with E-state index in [4.69, 9.17) is 5.73 Å². The second kappa shape index (κ2) is 5.45. The summed E-state index contributed by atoms with van der Waals surface area (Å²) in [6.45, 7) is 3.80. The quantitative estimate of drug-likeness (QED) is 0.822. The van der Waals surface area contributed by atoms with Crippen LogP contribution in [0.25, 0.3) is 0 Å². The van der Waals surface area contributed by atoms with Gasteiger partial charge in [0.15, 0.2) is 0 Å². The normalized spacial score (nSPS) is 10.4. The van der Waals surface area contributed by atoms with E-state index in [1.165, 1.54) is 0 Å². The Kier molecular flexibility index (Phi) is 4.23. The van der Waals surface area contributed by atoms with E-state index in [1.807, 2.05) is 26.0 Å². The first-order valence-corrected chi connectivity index (χ1v) is 5.42. The van der Waals surface area contributed by atoms with Crippen LogP contribution in [0, 0.1) is 5.92 Å². The van der Waals surface area contributed by atoms with E-state index in [0.717, 1.165) is 12.0 Å². The van der Waals surface area contributed by atoms with Crippen LogP contribution in [0.2, 0.25) is 0 Å². The second-order valence-electron chi connectivity index (χ2n) is 4.18. The van der Waals surface area contributed by atoms with Crippen molar-refractivity contribution in [2.24, 2.45) is 11.7 Å². The number of benzene rings is 1. The number of nitrogens with two attached hydrogens (primary N) is 1. The Bertz CT molecular complexity index is 379. The number of amides is 1. The number of rotatable bonds is 5. The molecule has 2 N–H and O–H groups in total. The SMILES string of the molecule is CC(C)C(=O)CCc1ccc(C(N)=O)cc1. The zero-order valence-electron chi connectivity index (χ0n) is 9.69. The number of primary amides is 1. The molecule has 0 spiro atoms. The highest BCUT2D eigenvalue weighted by atomic mass is 16.1. The zero-order valence-corrected chi connectivity index (χ0v) is 9.69. The molecule has 1 aromatic rings. The fourth-order valence-corrected chi connectivity index (χ4v) is 1.39. The van der Waals surface area contributed by atoms with Crippen LogP contribution in [0.1, 0.15) is 36.2 Å². The maximum atomic E-state index is 11.4. The molecule has 0 saturated heterocycles. The summed E-state index contributed by atoms with van der Waals surface area (Å²) >= 11 is 0. The smallest absolute Gasteiger partial charge is 0.248 e. The fourth-order valence-electron chi connectivity index (χ4n) is 1.39. The van der Waals surface area contributed by atoms with Crippen molar-refractivity contribution < 1.29 is 9.59 Å². The standard InChI is InChI=1S/C13H17NO2/c1-9(2)12(15)8-5-10-3-6-11(7-4-10)13(14)16/h3-4,6-7,9H,5,8H2,1-2H3,(H2,14,16). The highest BCUT2D eigenvalue weighted by molar-refractivity contribution is 5.92. The molecule has 0 heterocycles.